The molecule has 0 unspecified atom stereocenters. The lowest BCUT2D eigenvalue weighted by atomic mass is 10.2. The average molecular weight is 299 g/mol. The standard InChI is InChI=1S/C12H11ClN2O3S/c13-9-2-1-3-10-11(9)12(16)15(7-14-10)8-4-5-19(17,18)6-8/h1-3,7-8H,4-6H2/t8-/m0/s1. The van der Waals surface area contributed by atoms with Gasteiger partial charge in [0.05, 0.1) is 39.8 Å². The lowest BCUT2D eigenvalue weighted by Crippen LogP contribution is -2.26. The molecule has 1 aliphatic heterocycles. The Balaban J connectivity index is 2.19. The fraction of sp³-hybridized carbons (Fsp3) is 0.333. The Labute approximate surface area is 114 Å². The van der Waals surface area contributed by atoms with E-state index in [4.69, 9.17) is 11.6 Å². The number of rotatable bonds is 1. The Morgan fingerprint density at radius 1 is 1.37 bits per heavy atom. The Kier molecular flexibility index (Phi) is 2.87. The molecule has 5 nitrogen and oxygen atoms in total. The molecule has 19 heavy (non-hydrogen) atoms. The van der Waals surface area contributed by atoms with E-state index in [0.717, 1.165) is 0 Å². The summed E-state index contributed by atoms with van der Waals surface area (Å²) >= 11 is 6.03. The largest absolute Gasteiger partial charge is 0.294 e. The summed E-state index contributed by atoms with van der Waals surface area (Å²) in [5.41, 5.74) is 0.243. The molecule has 1 atom stereocenters. The highest BCUT2D eigenvalue weighted by Crippen LogP contribution is 2.24. The highest BCUT2D eigenvalue weighted by Gasteiger charge is 2.30. The smallest absolute Gasteiger partial charge is 0.262 e. The first kappa shape index (κ1) is 12.6. The summed E-state index contributed by atoms with van der Waals surface area (Å²) in [6.07, 6.45) is 1.85. The molecule has 1 aromatic carbocycles. The molecule has 1 aliphatic rings. The molecule has 2 aromatic rings. The molecular formula is C12H11ClN2O3S. The van der Waals surface area contributed by atoms with Crippen LogP contribution in [0.1, 0.15) is 12.5 Å². The van der Waals surface area contributed by atoms with Gasteiger partial charge in [0.25, 0.3) is 5.56 Å². The van der Waals surface area contributed by atoms with Crippen LogP contribution in [0.2, 0.25) is 5.02 Å². The van der Waals surface area contributed by atoms with E-state index in [2.05, 4.69) is 4.98 Å². The van der Waals surface area contributed by atoms with Crippen molar-refractivity contribution in [2.75, 3.05) is 11.5 Å². The minimum absolute atomic E-state index is 0.00938. The number of aromatic nitrogens is 2. The predicted molar refractivity (Wildman–Crippen MR) is 73.3 cm³/mol. The number of hydrogen-bond acceptors (Lipinski definition) is 4. The zero-order valence-corrected chi connectivity index (χ0v) is 11.5. The summed E-state index contributed by atoms with van der Waals surface area (Å²) < 4.78 is 24.4. The predicted octanol–water partition coefficient (Wildman–Crippen LogP) is 1.41. The molecule has 0 amide bonds. The topological polar surface area (TPSA) is 69.0 Å². The van der Waals surface area contributed by atoms with Crippen LogP contribution < -0.4 is 5.56 Å². The van der Waals surface area contributed by atoms with E-state index in [1.54, 1.807) is 18.2 Å². The monoisotopic (exact) mass is 298 g/mol. The van der Waals surface area contributed by atoms with Crippen LogP contribution >= 0.6 is 11.6 Å². The molecule has 0 spiro atoms. The number of nitrogens with zero attached hydrogens (tertiary/aromatic N) is 2. The highest BCUT2D eigenvalue weighted by molar-refractivity contribution is 7.91. The normalized spacial score (nSPS) is 21.8. The fourth-order valence-electron chi connectivity index (χ4n) is 2.39. The molecule has 0 aliphatic carbocycles. The second-order valence-electron chi connectivity index (χ2n) is 4.65. The molecule has 1 fully saturated rings. The van der Waals surface area contributed by atoms with Crippen LogP contribution in [-0.4, -0.2) is 29.5 Å². The van der Waals surface area contributed by atoms with Crippen molar-refractivity contribution in [3.05, 3.63) is 39.9 Å². The second-order valence-corrected chi connectivity index (χ2v) is 7.28. The van der Waals surface area contributed by atoms with E-state index in [0.29, 0.717) is 22.3 Å². The lowest BCUT2D eigenvalue weighted by molar-refractivity contribution is 0.534. The maximum Gasteiger partial charge on any atom is 0.262 e. The number of fused-ring (bicyclic) bond motifs is 1. The van der Waals surface area contributed by atoms with Crippen LogP contribution in [0.25, 0.3) is 10.9 Å². The van der Waals surface area contributed by atoms with E-state index in [-0.39, 0.29) is 23.1 Å². The van der Waals surface area contributed by atoms with Gasteiger partial charge in [-0.25, -0.2) is 13.4 Å². The van der Waals surface area contributed by atoms with Gasteiger partial charge in [-0.05, 0) is 18.6 Å². The summed E-state index contributed by atoms with van der Waals surface area (Å²) in [4.78, 5) is 16.6. The Hall–Kier alpha value is -1.40. The van der Waals surface area contributed by atoms with Gasteiger partial charge in [-0.1, -0.05) is 17.7 Å². The van der Waals surface area contributed by atoms with E-state index in [9.17, 15) is 13.2 Å². The van der Waals surface area contributed by atoms with Gasteiger partial charge in [0, 0.05) is 0 Å². The van der Waals surface area contributed by atoms with Crippen LogP contribution in [-0.2, 0) is 9.84 Å². The molecule has 7 heteroatoms. The van der Waals surface area contributed by atoms with Crippen LogP contribution in [0, 0.1) is 0 Å². The summed E-state index contributed by atoms with van der Waals surface area (Å²) in [6.45, 7) is 0. The first-order valence-corrected chi connectivity index (χ1v) is 8.04. The van der Waals surface area contributed by atoms with Gasteiger partial charge >= 0.3 is 0 Å². The SMILES string of the molecule is O=c1c2c(Cl)cccc2ncn1[C@H]1CCS(=O)(=O)C1. The maximum absolute atomic E-state index is 12.4. The van der Waals surface area contributed by atoms with Crippen LogP contribution in [0.5, 0.6) is 0 Å². The van der Waals surface area contributed by atoms with E-state index < -0.39 is 9.84 Å². The van der Waals surface area contributed by atoms with Gasteiger partial charge < -0.3 is 0 Å². The number of sulfone groups is 1. The lowest BCUT2D eigenvalue weighted by Gasteiger charge is -2.12. The molecular weight excluding hydrogens is 288 g/mol. The summed E-state index contributed by atoms with van der Waals surface area (Å²) in [5.74, 6) is 0.106. The van der Waals surface area contributed by atoms with Crippen LogP contribution in [0.15, 0.2) is 29.3 Å². The third-order valence-corrected chi connectivity index (χ3v) is 5.43. The zero-order valence-electron chi connectivity index (χ0n) is 9.91. The Morgan fingerprint density at radius 2 is 2.16 bits per heavy atom. The van der Waals surface area contributed by atoms with Crippen molar-refractivity contribution in [2.45, 2.75) is 12.5 Å². The Bertz CT molecular complexity index is 813. The highest BCUT2D eigenvalue weighted by atomic mass is 35.5. The third-order valence-electron chi connectivity index (χ3n) is 3.36. The number of halogens is 1. The molecule has 1 saturated heterocycles. The van der Waals surface area contributed by atoms with Crippen molar-refractivity contribution in [3.63, 3.8) is 0 Å². The van der Waals surface area contributed by atoms with Gasteiger partial charge in [-0.2, -0.15) is 0 Å². The van der Waals surface area contributed by atoms with Crippen molar-refractivity contribution in [1.82, 2.24) is 9.55 Å². The zero-order chi connectivity index (χ0) is 13.6. The van der Waals surface area contributed by atoms with Crippen molar-refractivity contribution < 1.29 is 8.42 Å². The number of hydrogen-bond donors (Lipinski definition) is 0. The van der Waals surface area contributed by atoms with Gasteiger partial charge in [-0.15, -0.1) is 0 Å². The molecule has 1 aromatic heterocycles. The van der Waals surface area contributed by atoms with Crippen molar-refractivity contribution in [2.24, 2.45) is 0 Å². The molecule has 0 radical (unpaired) electrons. The summed E-state index contributed by atoms with van der Waals surface area (Å²) in [5, 5.41) is 0.682. The van der Waals surface area contributed by atoms with Gasteiger partial charge in [0.1, 0.15) is 0 Å². The Morgan fingerprint density at radius 3 is 2.84 bits per heavy atom. The van der Waals surface area contributed by atoms with Crippen LogP contribution in [0.3, 0.4) is 0 Å². The van der Waals surface area contributed by atoms with E-state index in [1.165, 1.54) is 10.9 Å². The van der Waals surface area contributed by atoms with Gasteiger partial charge in [0.15, 0.2) is 9.84 Å². The summed E-state index contributed by atoms with van der Waals surface area (Å²) in [7, 11) is -3.04. The first-order chi connectivity index (χ1) is 8.98. The van der Waals surface area contributed by atoms with Crippen LogP contribution in [0.4, 0.5) is 0 Å². The van der Waals surface area contributed by atoms with Gasteiger partial charge in [-0.3, -0.25) is 9.36 Å². The molecule has 0 saturated carbocycles. The maximum atomic E-state index is 12.4. The molecule has 0 N–H and O–H groups in total. The van der Waals surface area contributed by atoms with Crippen molar-refractivity contribution in [3.8, 4) is 0 Å². The van der Waals surface area contributed by atoms with Gasteiger partial charge in [0.2, 0.25) is 0 Å². The molecule has 3 rings (SSSR count). The van der Waals surface area contributed by atoms with E-state index >= 15 is 0 Å². The average Bonchev–Trinajstić information content (AvgIpc) is 2.70. The fourth-order valence-corrected chi connectivity index (χ4v) is 4.35. The minimum atomic E-state index is -3.04. The third kappa shape index (κ3) is 2.15. The minimum Gasteiger partial charge on any atom is -0.294 e. The number of benzene rings is 1. The van der Waals surface area contributed by atoms with Crippen molar-refractivity contribution >= 4 is 32.3 Å². The molecule has 0 bridgehead atoms. The molecule has 100 valence electrons. The molecule has 2 heterocycles. The first-order valence-electron chi connectivity index (χ1n) is 5.84. The van der Waals surface area contributed by atoms with E-state index in [1.807, 2.05) is 0 Å². The summed E-state index contributed by atoms with van der Waals surface area (Å²) in [6, 6.07) is 4.72. The second kappa shape index (κ2) is 4.31. The van der Waals surface area contributed by atoms with Crippen molar-refractivity contribution in [1.29, 1.82) is 0 Å². The quantitative estimate of drug-likeness (QED) is 0.798.